The Labute approximate surface area is 165 Å². The average Bonchev–Trinajstić information content (AvgIpc) is 2.75. The highest BCUT2D eigenvalue weighted by molar-refractivity contribution is 5.99. The predicted octanol–water partition coefficient (Wildman–Crippen LogP) is 4.50. The van der Waals surface area contributed by atoms with Gasteiger partial charge in [0.05, 0.1) is 39.4 Å². The molecular formula is C23H26O5. The maximum atomic E-state index is 11.0. The van der Waals surface area contributed by atoms with Crippen LogP contribution in [-0.4, -0.2) is 32.5 Å². The van der Waals surface area contributed by atoms with Crippen molar-refractivity contribution in [2.75, 3.05) is 21.3 Å². The molecule has 5 heteroatoms. The molecule has 0 saturated heterocycles. The second kappa shape index (κ2) is 8.95. The summed E-state index contributed by atoms with van der Waals surface area (Å²) in [6.45, 7) is 2.26. The van der Waals surface area contributed by atoms with Gasteiger partial charge < -0.3 is 24.1 Å². The summed E-state index contributed by atoms with van der Waals surface area (Å²) in [5, 5.41) is 12.6. The molecule has 3 rings (SSSR count). The van der Waals surface area contributed by atoms with E-state index in [2.05, 4.69) is 0 Å². The van der Waals surface area contributed by atoms with E-state index >= 15 is 0 Å². The zero-order chi connectivity index (χ0) is 20.1. The Balaban J connectivity index is 1.97. The molecule has 0 aliphatic heterocycles. The van der Waals surface area contributed by atoms with Crippen LogP contribution in [0, 0.1) is 0 Å². The Morgan fingerprint density at radius 2 is 1.57 bits per heavy atom. The summed E-state index contributed by atoms with van der Waals surface area (Å²) in [7, 11) is 4.80. The van der Waals surface area contributed by atoms with E-state index in [0.29, 0.717) is 29.4 Å². The molecule has 0 saturated carbocycles. The van der Waals surface area contributed by atoms with Crippen LogP contribution in [0.1, 0.15) is 24.2 Å². The molecule has 0 aromatic heterocycles. The minimum absolute atomic E-state index is 0.417. The molecule has 0 heterocycles. The van der Waals surface area contributed by atoms with Gasteiger partial charge in [0.1, 0.15) is 23.4 Å². The molecule has 0 aliphatic rings. The molecule has 0 bridgehead atoms. The van der Waals surface area contributed by atoms with E-state index in [9.17, 15) is 5.11 Å². The third-order valence-electron chi connectivity index (χ3n) is 4.83. The summed E-state index contributed by atoms with van der Waals surface area (Å²) < 4.78 is 22.6. The van der Waals surface area contributed by atoms with Crippen LogP contribution < -0.4 is 14.2 Å². The summed E-state index contributed by atoms with van der Waals surface area (Å²) in [4.78, 5) is 0. The Kier molecular flexibility index (Phi) is 6.39. The number of hydrogen-bond donors (Lipinski definition) is 1. The van der Waals surface area contributed by atoms with Gasteiger partial charge in [0.2, 0.25) is 0 Å². The Bertz CT molecular complexity index is 923. The standard InChI is InChI=1S/C23H26O5/c1-15(28-14-16-9-6-5-7-10-16)22(24)18-13-20(26-3)21-17(23(18)27-4)11-8-12-19(21)25-2/h5-13,15,22,24H,14H2,1-4H3. The number of aliphatic hydroxyl groups is 1. The van der Waals surface area contributed by atoms with Gasteiger partial charge in [-0.15, -0.1) is 0 Å². The summed E-state index contributed by atoms with van der Waals surface area (Å²) in [6, 6.07) is 17.3. The van der Waals surface area contributed by atoms with Gasteiger partial charge in [-0.3, -0.25) is 0 Å². The molecule has 0 radical (unpaired) electrons. The molecule has 0 spiro atoms. The molecule has 3 aromatic carbocycles. The lowest BCUT2D eigenvalue weighted by Crippen LogP contribution is -2.19. The van der Waals surface area contributed by atoms with E-state index < -0.39 is 12.2 Å². The molecule has 0 aliphatic carbocycles. The van der Waals surface area contributed by atoms with Gasteiger partial charge in [-0.2, -0.15) is 0 Å². The average molecular weight is 382 g/mol. The molecule has 0 fully saturated rings. The summed E-state index contributed by atoms with van der Waals surface area (Å²) >= 11 is 0. The van der Waals surface area contributed by atoms with E-state index in [1.807, 2.05) is 55.5 Å². The van der Waals surface area contributed by atoms with Crippen molar-refractivity contribution < 1.29 is 24.1 Å². The number of rotatable bonds is 8. The fourth-order valence-corrected chi connectivity index (χ4v) is 3.33. The van der Waals surface area contributed by atoms with Crippen molar-refractivity contribution in [2.24, 2.45) is 0 Å². The largest absolute Gasteiger partial charge is 0.496 e. The fourth-order valence-electron chi connectivity index (χ4n) is 3.33. The second-order valence-corrected chi connectivity index (χ2v) is 6.53. The van der Waals surface area contributed by atoms with E-state index in [1.54, 1.807) is 27.4 Å². The van der Waals surface area contributed by atoms with Gasteiger partial charge in [-0.1, -0.05) is 42.5 Å². The van der Waals surface area contributed by atoms with Crippen LogP contribution in [0.15, 0.2) is 54.6 Å². The zero-order valence-electron chi connectivity index (χ0n) is 16.6. The van der Waals surface area contributed by atoms with Crippen molar-refractivity contribution in [1.82, 2.24) is 0 Å². The highest BCUT2D eigenvalue weighted by atomic mass is 16.5. The van der Waals surface area contributed by atoms with Crippen LogP contribution >= 0.6 is 0 Å². The molecule has 3 aromatic rings. The van der Waals surface area contributed by atoms with Crippen LogP contribution in [-0.2, 0) is 11.3 Å². The van der Waals surface area contributed by atoms with Crippen molar-refractivity contribution in [1.29, 1.82) is 0 Å². The first-order valence-corrected chi connectivity index (χ1v) is 9.15. The topological polar surface area (TPSA) is 57.2 Å². The van der Waals surface area contributed by atoms with Crippen LogP contribution in [0.2, 0.25) is 0 Å². The van der Waals surface area contributed by atoms with Gasteiger partial charge in [0.25, 0.3) is 0 Å². The van der Waals surface area contributed by atoms with Crippen molar-refractivity contribution >= 4 is 10.8 Å². The minimum atomic E-state index is -0.886. The normalized spacial score (nSPS) is 13.2. The molecule has 2 atom stereocenters. The predicted molar refractivity (Wildman–Crippen MR) is 109 cm³/mol. The van der Waals surface area contributed by atoms with Gasteiger partial charge in [0.15, 0.2) is 0 Å². The lowest BCUT2D eigenvalue weighted by Gasteiger charge is -2.24. The first-order valence-electron chi connectivity index (χ1n) is 9.15. The van der Waals surface area contributed by atoms with Gasteiger partial charge in [0, 0.05) is 10.9 Å². The molecule has 0 amide bonds. The molecule has 148 valence electrons. The smallest absolute Gasteiger partial charge is 0.132 e. The molecule has 1 N–H and O–H groups in total. The Hall–Kier alpha value is -2.76. The molecular weight excluding hydrogens is 356 g/mol. The van der Waals surface area contributed by atoms with E-state index in [4.69, 9.17) is 18.9 Å². The lowest BCUT2D eigenvalue weighted by atomic mass is 9.97. The van der Waals surface area contributed by atoms with Gasteiger partial charge in [-0.05, 0) is 24.6 Å². The zero-order valence-corrected chi connectivity index (χ0v) is 16.6. The fraction of sp³-hybridized carbons (Fsp3) is 0.304. The third kappa shape index (κ3) is 3.91. The maximum Gasteiger partial charge on any atom is 0.132 e. The highest BCUT2D eigenvalue weighted by Crippen LogP contribution is 2.44. The number of hydrogen-bond acceptors (Lipinski definition) is 5. The molecule has 5 nitrogen and oxygen atoms in total. The van der Waals surface area contributed by atoms with Gasteiger partial charge in [-0.25, -0.2) is 0 Å². The highest BCUT2D eigenvalue weighted by Gasteiger charge is 2.25. The quantitative estimate of drug-likeness (QED) is 0.621. The molecule has 28 heavy (non-hydrogen) atoms. The summed E-state index contributed by atoms with van der Waals surface area (Å²) in [6.07, 6.45) is -1.33. The summed E-state index contributed by atoms with van der Waals surface area (Å²) in [5.41, 5.74) is 1.66. The van der Waals surface area contributed by atoms with Gasteiger partial charge >= 0.3 is 0 Å². The third-order valence-corrected chi connectivity index (χ3v) is 4.83. The number of methoxy groups -OCH3 is 3. The number of aliphatic hydroxyl groups excluding tert-OH is 1. The Morgan fingerprint density at radius 3 is 2.21 bits per heavy atom. The Morgan fingerprint density at radius 1 is 0.857 bits per heavy atom. The number of fused-ring (bicyclic) bond motifs is 1. The SMILES string of the molecule is COc1c(C(O)C(C)OCc2ccccc2)cc(OC)c2c(OC)cccc12. The number of ether oxygens (including phenoxy) is 4. The minimum Gasteiger partial charge on any atom is -0.496 e. The summed E-state index contributed by atoms with van der Waals surface area (Å²) in [5.74, 6) is 1.87. The van der Waals surface area contributed by atoms with Crippen LogP contribution in [0.3, 0.4) is 0 Å². The van der Waals surface area contributed by atoms with Crippen molar-refractivity contribution in [2.45, 2.75) is 25.7 Å². The molecule has 2 unspecified atom stereocenters. The number of benzene rings is 3. The lowest BCUT2D eigenvalue weighted by molar-refractivity contribution is -0.0371. The maximum absolute atomic E-state index is 11.0. The monoisotopic (exact) mass is 382 g/mol. The van der Waals surface area contributed by atoms with Crippen LogP contribution in [0.25, 0.3) is 10.8 Å². The van der Waals surface area contributed by atoms with Crippen LogP contribution in [0.5, 0.6) is 17.2 Å². The van der Waals surface area contributed by atoms with Crippen LogP contribution in [0.4, 0.5) is 0 Å². The first kappa shape index (κ1) is 20.0. The van der Waals surface area contributed by atoms with Crippen molar-refractivity contribution in [3.05, 3.63) is 65.7 Å². The first-order chi connectivity index (χ1) is 13.6. The van der Waals surface area contributed by atoms with E-state index in [1.165, 1.54) is 0 Å². The second-order valence-electron chi connectivity index (χ2n) is 6.53. The van der Waals surface area contributed by atoms with Crippen molar-refractivity contribution in [3.8, 4) is 17.2 Å². The van der Waals surface area contributed by atoms with E-state index in [0.717, 1.165) is 16.3 Å². The van der Waals surface area contributed by atoms with Crippen molar-refractivity contribution in [3.63, 3.8) is 0 Å². The van der Waals surface area contributed by atoms with E-state index in [-0.39, 0.29) is 0 Å².